The molecule has 4 nitrogen and oxygen atoms in total. The van der Waals surface area contributed by atoms with Gasteiger partial charge in [-0.05, 0) is 49.4 Å². The van der Waals surface area contributed by atoms with E-state index >= 15 is 0 Å². The lowest BCUT2D eigenvalue weighted by atomic mass is 10.2. The second-order valence-electron chi connectivity index (χ2n) is 4.55. The lowest BCUT2D eigenvalue weighted by molar-refractivity contribution is -0.123. The summed E-state index contributed by atoms with van der Waals surface area (Å²) in [6, 6.07) is 11.5. The number of anilines is 1. The van der Waals surface area contributed by atoms with E-state index in [1.54, 1.807) is 18.2 Å². The number of carbonyl (C=O) groups is 2. The molecule has 1 atom stereocenters. The van der Waals surface area contributed by atoms with Gasteiger partial charge in [-0.25, -0.2) is 9.18 Å². The summed E-state index contributed by atoms with van der Waals surface area (Å²) in [5.74, 6) is -1.57. The number of hydrogen-bond acceptors (Lipinski definition) is 3. The van der Waals surface area contributed by atoms with Crippen LogP contribution in [0.15, 0.2) is 48.5 Å². The minimum Gasteiger partial charge on any atom is -0.449 e. The molecule has 0 aliphatic heterocycles. The minimum absolute atomic E-state index is 0.258. The third-order valence-electron chi connectivity index (χ3n) is 2.83. The Hall–Kier alpha value is -2.40. The van der Waals surface area contributed by atoms with Gasteiger partial charge in [0, 0.05) is 10.7 Å². The molecule has 0 aliphatic carbocycles. The first-order valence-corrected chi connectivity index (χ1v) is 6.86. The molecule has 0 heterocycles. The Morgan fingerprint density at radius 2 is 1.86 bits per heavy atom. The van der Waals surface area contributed by atoms with Crippen molar-refractivity contribution in [1.29, 1.82) is 0 Å². The van der Waals surface area contributed by atoms with E-state index < -0.39 is 23.8 Å². The summed E-state index contributed by atoms with van der Waals surface area (Å²) < 4.78 is 17.8. The fourth-order valence-corrected chi connectivity index (χ4v) is 1.86. The molecule has 114 valence electrons. The van der Waals surface area contributed by atoms with Crippen molar-refractivity contribution in [2.75, 3.05) is 5.32 Å². The topological polar surface area (TPSA) is 55.4 Å². The van der Waals surface area contributed by atoms with Crippen molar-refractivity contribution in [3.8, 4) is 0 Å². The van der Waals surface area contributed by atoms with Crippen LogP contribution in [0.4, 0.5) is 10.1 Å². The SMILES string of the molecule is C[C@@H](OC(=O)c1cccc(Cl)c1)C(=O)Nc1ccc(F)cc1. The van der Waals surface area contributed by atoms with E-state index in [1.807, 2.05) is 0 Å². The number of hydrogen-bond donors (Lipinski definition) is 1. The van der Waals surface area contributed by atoms with Gasteiger partial charge in [0.15, 0.2) is 6.10 Å². The van der Waals surface area contributed by atoms with Crippen molar-refractivity contribution in [1.82, 2.24) is 0 Å². The van der Waals surface area contributed by atoms with Gasteiger partial charge >= 0.3 is 5.97 Å². The average Bonchev–Trinajstić information content (AvgIpc) is 2.49. The number of nitrogens with one attached hydrogen (secondary N) is 1. The fourth-order valence-electron chi connectivity index (χ4n) is 1.67. The standard InChI is InChI=1S/C16H13ClFNO3/c1-10(15(20)19-14-7-5-13(18)6-8-14)22-16(21)11-3-2-4-12(17)9-11/h2-10H,1H3,(H,19,20)/t10-/m1/s1. The monoisotopic (exact) mass is 321 g/mol. The highest BCUT2D eigenvalue weighted by molar-refractivity contribution is 6.30. The molecule has 0 radical (unpaired) electrons. The predicted octanol–water partition coefficient (Wildman–Crippen LogP) is 3.66. The third kappa shape index (κ3) is 4.30. The zero-order chi connectivity index (χ0) is 16.1. The molecule has 0 saturated heterocycles. The van der Waals surface area contributed by atoms with Crippen LogP contribution in [0, 0.1) is 5.82 Å². The highest BCUT2D eigenvalue weighted by atomic mass is 35.5. The fraction of sp³-hybridized carbons (Fsp3) is 0.125. The van der Waals surface area contributed by atoms with Crippen LogP contribution in [0.1, 0.15) is 17.3 Å². The van der Waals surface area contributed by atoms with Gasteiger partial charge in [0.1, 0.15) is 5.82 Å². The van der Waals surface area contributed by atoms with E-state index in [2.05, 4.69) is 5.32 Å². The summed E-state index contributed by atoms with van der Waals surface area (Å²) in [7, 11) is 0. The van der Waals surface area contributed by atoms with Gasteiger partial charge in [0.2, 0.25) is 0 Å². The maximum absolute atomic E-state index is 12.8. The van der Waals surface area contributed by atoms with Crippen molar-refractivity contribution < 1.29 is 18.7 Å². The third-order valence-corrected chi connectivity index (χ3v) is 3.06. The largest absolute Gasteiger partial charge is 0.449 e. The van der Waals surface area contributed by atoms with Crippen molar-refractivity contribution in [3.05, 3.63) is 64.9 Å². The zero-order valence-corrected chi connectivity index (χ0v) is 12.4. The van der Waals surface area contributed by atoms with Gasteiger partial charge in [0.05, 0.1) is 5.56 Å². The number of rotatable bonds is 4. The number of carbonyl (C=O) groups excluding carboxylic acids is 2. The van der Waals surface area contributed by atoms with Crippen LogP contribution in [-0.2, 0) is 9.53 Å². The molecular weight excluding hydrogens is 309 g/mol. The predicted molar refractivity (Wildman–Crippen MR) is 81.4 cm³/mol. The molecule has 2 aromatic carbocycles. The van der Waals surface area contributed by atoms with Crippen molar-refractivity contribution in [2.24, 2.45) is 0 Å². The highest BCUT2D eigenvalue weighted by Gasteiger charge is 2.19. The summed E-state index contributed by atoms with van der Waals surface area (Å²) in [5, 5.41) is 2.93. The van der Waals surface area contributed by atoms with Crippen LogP contribution < -0.4 is 5.32 Å². The second kappa shape index (κ2) is 7.04. The zero-order valence-electron chi connectivity index (χ0n) is 11.7. The Bertz CT molecular complexity index is 688. The van der Waals surface area contributed by atoms with E-state index in [0.717, 1.165) is 0 Å². The van der Waals surface area contributed by atoms with Crippen LogP contribution >= 0.6 is 11.6 Å². The van der Waals surface area contributed by atoms with Gasteiger partial charge in [-0.3, -0.25) is 4.79 Å². The Morgan fingerprint density at radius 1 is 1.18 bits per heavy atom. The number of benzene rings is 2. The molecule has 1 N–H and O–H groups in total. The second-order valence-corrected chi connectivity index (χ2v) is 4.99. The summed E-state index contributed by atoms with van der Waals surface area (Å²) >= 11 is 5.79. The summed E-state index contributed by atoms with van der Waals surface area (Å²) in [5.41, 5.74) is 0.672. The number of esters is 1. The van der Waals surface area contributed by atoms with Gasteiger partial charge < -0.3 is 10.1 Å². The van der Waals surface area contributed by atoms with Crippen LogP contribution in [0.3, 0.4) is 0 Å². The molecule has 0 unspecified atom stereocenters. The molecule has 0 fully saturated rings. The first kappa shape index (κ1) is 16.0. The van der Waals surface area contributed by atoms with Gasteiger partial charge in [0.25, 0.3) is 5.91 Å². The Kier molecular flexibility index (Phi) is 5.12. The highest BCUT2D eigenvalue weighted by Crippen LogP contribution is 2.13. The number of halogens is 2. The van der Waals surface area contributed by atoms with E-state index in [0.29, 0.717) is 10.7 Å². The molecule has 0 saturated carbocycles. The number of ether oxygens (including phenoxy) is 1. The van der Waals surface area contributed by atoms with E-state index in [4.69, 9.17) is 16.3 Å². The van der Waals surface area contributed by atoms with Crippen molar-refractivity contribution in [3.63, 3.8) is 0 Å². The molecule has 0 bridgehead atoms. The van der Waals surface area contributed by atoms with Crippen molar-refractivity contribution in [2.45, 2.75) is 13.0 Å². The molecule has 22 heavy (non-hydrogen) atoms. The maximum atomic E-state index is 12.8. The molecule has 0 aromatic heterocycles. The normalized spacial score (nSPS) is 11.6. The first-order valence-electron chi connectivity index (χ1n) is 6.48. The maximum Gasteiger partial charge on any atom is 0.338 e. The van der Waals surface area contributed by atoms with Gasteiger partial charge in [-0.15, -0.1) is 0 Å². The Labute approximate surface area is 131 Å². The van der Waals surface area contributed by atoms with Crippen LogP contribution in [0.5, 0.6) is 0 Å². The van der Waals surface area contributed by atoms with Crippen molar-refractivity contribution >= 4 is 29.2 Å². The lowest BCUT2D eigenvalue weighted by Crippen LogP contribution is -2.30. The molecular formula is C16H13ClFNO3. The van der Waals surface area contributed by atoms with Crippen LogP contribution in [0.2, 0.25) is 5.02 Å². The molecule has 6 heteroatoms. The van der Waals surface area contributed by atoms with E-state index in [9.17, 15) is 14.0 Å². The Balaban J connectivity index is 1.96. The lowest BCUT2D eigenvalue weighted by Gasteiger charge is -2.13. The van der Waals surface area contributed by atoms with E-state index in [-0.39, 0.29) is 5.56 Å². The summed E-state index contributed by atoms with van der Waals surface area (Å²) in [6.45, 7) is 1.45. The Morgan fingerprint density at radius 3 is 2.50 bits per heavy atom. The van der Waals surface area contributed by atoms with E-state index in [1.165, 1.54) is 37.3 Å². The summed E-state index contributed by atoms with van der Waals surface area (Å²) in [6.07, 6.45) is -1.00. The molecule has 0 spiro atoms. The molecule has 2 aromatic rings. The van der Waals surface area contributed by atoms with Crippen LogP contribution in [0.25, 0.3) is 0 Å². The minimum atomic E-state index is -1.00. The van der Waals surface area contributed by atoms with Gasteiger partial charge in [-0.1, -0.05) is 17.7 Å². The molecule has 0 aliphatic rings. The van der Waals surface area contributed by atoms with Crippen LogP contribution in [-0.4, -0.2) is 18.0 Å². The quantitative estimate of drug-likeness (QED) is 0.874. The smallest absolute Gasteiger partial charge is 0.338 e. The van der Waals surface area contributed by atoms with Gasteiger partial charge in [-0.2, -0.15) is 0 Å². The molecule has 1 amide bonds. The molecule has 2 rings (SSSR count). The first-order chi connectivity index (χ1) is 10.5. The number of amides is 1. The summed E-state index contributed by atoms with van der Waals surface area (Å²) in [4.78, 5) is 23.8. The average molecular weight is 322 g/mol.